The van der Waals surface area contributed by atoms with Gasteiger partial charge in [-0.15, -0.1) is 0 Å². The van der Waals surface area contributed by atoms with Crippen molar-refractivity contribution in [1.82, 2.24) is 0 Å². The zero-order valence-corrected chi connectivity index (χ0v) is 9.87. The number of hydrogen-bond acceptors (Lipinski definition) is 3. The third kappa shape index (κ3) is 3.11. The second-order valence-corrected chi connectivity index (χ2v) is 4.34. The van der Waals surface area contributed by atoms with Crippen LogP contribution in [-0.2, 0) is 0 Å². The number of nitrogens with zero attached hydrogens (tertiary/aromatic N) is 1. The van der Waals surface area contributed by atoms with Gasteiger partial charge in [-0.1, -0.05) is 0 Å². The standard InChI is InChI=1S/C11H12F2N2S/c1-7(6-16-2)15-11-9(12)3-8(5-14)4-10(11)13/h3-4,7,15H,6H2,1-2H3. The molecule has 0 amide bonds. The van der Waals surface area contributed by atoms with E-state index < -0.39 is 11.6 Å². The average molecular weight is 242 g/mol. The van der Waals surface area contributed by atoms with Gasteiger partial charge < -0.3 is 5.32 Å². The Labute approximate surface area is 97.7 Å². The number of nitrogens with one attached hydrogen (secondary N) is 1. The molecule has 16 heavy (non-hydrogen) atoms. The summed E-state index contributed by atoms with van der Waals surface area (Å²) >= 11 is 1.59. The van der Waals surface area contributed by atoms with Crippen molar-refractivity contribution in [2.24, 2.45) is 0 Å². The van der Waals surface area contributed by atoms with E-state index in [9.17, 15) is 8.78 Å². The molecule has 0 aliphatic heterocycles. The zero-order valence-electron chi connectivity index (χ0n) is 9.05. The van der Waals surface area contributed by atoms with Crippen LogP contribution >= 0.6 is 11.8 Å². The number of benzene rings is 1. The van der Waals surface area contributed by atoms with Crippen LogP contribution in [0.3, 0.4) is 0 Å². The molecule has 2 nitrogen and oxygen atoms in total. The third-order valence-corrected chi connectivity index (χ3v) is 2.81. The molecule has 1 N–H and O–H groups in total. The maximum Gasteiger partial charge on any atom is 0.150 e. The highest BCUT2D eigenvalue weighted by Crippen LogP contribution is 2.21. The highest BCUT2D eigenvalue weighted by molar-refractivity contribution is 7.98. The molecule has 1 rings (SSSR count). The van der Waals surface area contributed by atoms with Crippen LogP contribution in [0.5, 0.6) is 0 Å². The molecule has 0 radical (unpaired) electrons. The highest BCUT2D eigenvalue weighted by atomic mass is 32.2. The molecular formula is C11H12F2N2S. The lowest BCUT2D eigenvalue weighted by Crippen LogP contribution is -2.19. The Morgan fingerprint density at radius 1 is 1.44 bits per heavy atom. The van der Waals surface area contributed by atoms with E-state index in [1.807, 2.05) is 13.2 Å². The van der Waals surface area contributed by atoms with Gasteiger partial charge in [0.15, 0.2) is 11.6 Å². The van der Waals surface area contributed by atoms with Crippen molar-refractivity contribution in [2.75, 3.05) is 17.3 Å². The maximum atomic E-state index is 13.4. The lowest BCUT2D eigenvalue weighted by molar-refractivity contribution is 0.584. The van der Waals surface area contributed by atoms with Gasteiger partial charge in [0.25, 0.3) is 0 Å². The molecule has 0 saturated carbocycles. The monoisotopic (exact) mass is 242 g/mol. The smallest absolute Gasteiger partial charge is 0.150 e. The summed E-state index contributed by atoms with van der Waals surface area (Å²) in [5.41, 5.74) is -0.182. The van der Waals surface area contributed by atoms with Crippen molar-refractivity contribution < 1.29 is 8.78 Å². The zero-order chi connectivity index (χ0) is 12.1. The van der Waals surface area contributed by atoms with Gasteiger partial charge in [-0.3, -0.25) is 0 Å². The van der Waals surface area contributed by atoms with Gasteiger partial charge in [0.05, 0.1) is 11.6 Å². The van der Waals surface area contributed by atoms with E-state index >= 15 is 0 Å². The van der Waals surface area contributed by atoms with Crippen LogP contribution in [0.15, 0.2) is 12.1 Å². The van der Waals surface area contributed by atoms with Crippen LogP contribution in [0.4, 0.5) is 14.5 Å². The fourth-order valence-electron chi connectivity index (χ4n) is 1.31. The third-order valence-electron chi connectivity index (χ3n) is 1.98. The summed E-state index contributed by atoms with van der Waals surface area (Å²) in [5, 5.41) is 11.3. The Kier molecular flexibility index (Phi) is 4.56. The Morgan fingerprint density at radius 2 is 2.00 bits per heavy atom. The molecule has 5 heteroatoms. The van der Waals surface area contributed by atoms with Gasteiger partial charge >= 0.3 is 0 Å². The molecule has 1 unspecified atom stereocenters. The van der Waals surface area contributed by atoms with E-state index in [0.717, 1.165) is 17.9 Å². The minimum Gasteiger partial charge on any atom is -0.377 e. The molecule has 0 saturated heterocycles. The number of nitriles is 1. The summed E-state index contributed by atoms with van der Waals surface area (Å²) in [6.07, 6.45) is 1.92. The van der Waals surface area contributed by atoms with Crippen LogP contribution in [-0.4, -0.2) is 18.1 Å². The summed E-state index contributed by atoms with van der Waals surface area (Å²) in [4.78, 5) is 0. The van der Waals surface area contributed by atoms with Crippen LogP contribution in [0.1, 0.15) is 12.5 Å². The van der Waals surface area contributed by atoms with Crippen LogP contribution < -0.4 is 5.32 Å². The first-order valence-electron chi connectivity index (χ1n) is 4.73. The minimum atomic E-state index is -0.732. The van der Waals surface area contributed by atoms with Crippen molar-refractivity contribution in [3.8, 4) is 6.07 Å². The molecule has 1 aromatic rings. The molecular weight excluding hydrogens is 230 g/mol. The second kappa shape index (κ2) is 5.71. The van der Waals surface area contributed by atoms with Crippen molar-refractivity contribution in [3.05, 3.63) is 29.3 Å². The first-order valence-corrected chi connectivity index (χ1v) is 6.12. The second-order valence-electron chi connectivity index (χ2n) is 3.43. The molecule has 0 aliphatic carbocycles. The van der Waals surface area contributed by atoms with E-state index in [1.165, 1.54) is 0 Å². The predicted molar refractivity (Wildman–Crippen MR) is 62.5 cm³/mol. The molecule has 0 spiro atoms. The van der Waals surface area contributed by atoms with Crippen molar-refractivity contribution in [2.45, 2.75) is 13.0 Å². The maximum absolute atomic E-state index is 13.4. The number of thioether (sulfide) groups is 1. The van der Waals surface area contributed by atoms with E-state index in [1.54, 1.807) is 17.8 Å². The first-order chi connectivity index (χ1) is 7.58. The molecule has 1 aromatic carbocycles. The first kappa shape index (κ1) is 12.8. The van der Waals surface area contributed by atoms with Gasteiger partial charge in [-0.25, -0.2) is 8.78 Å². The molecule has 0 bridgehead atoms. The Balaban J connectivity index is 2.93. The molecule has 0 heterocycles. The van der Waals surface area contributed by atoms with Gasteiger partial charge in [-0.2, -0.15) is 17.0 Å². The Morgan fingerprint density at radius 3 is 2.44 bits per heavy atom. The van der Waals surface area contributed by atoms with Crippen molar-refractivity contribution >= 4 is 17.4 Å². The van der Waals surface area contributed by atoms with Crippen LogP contribution in [0.2, 0.25) is 0 Å². The van der Waals surface area contributed by atoms with E-state index in [4.69, 9.17) is 5.26 Å². The molecule has 0 aliphatic rings. The summed E-state index contributed by atoms with van der Waals surface area (Å²) in [6.45, 7) is 1.84. The van der Waals surface area contributed by atoms with Crippen LogP contribution in [0, 0.1) is 23.0 Å². The Hall–Kier alpha value is -1.28. The lowest BCUT2D eigenvalue weighted by atomic mass is 10.2. The summed E-state index contributed by atoms with van der Waals surface area (Å²) in [5.74, 6) is -0.715. The predicted octanol–water partition coefficient (Wildman–Crippen LogP) is 3.00. The molecule has 0 aromatic heterocycles. The summed E-state index contributed by atoms with van der Waals surface area (Å²) in [6, 6.07) is 3.72. The number of halogens is 2. The van der Waals surface area contributed by atoms with Crippen molar-refractivity contribution in [3.63, 3.8) is 0 Å². The van der Waals surface area contributed by atoms with Crippen LogP contribution in [0.25, 0.3) is 0 Å². The molecule has 1 atom stereocenters. The average Bonchev–Trinajstić information content (AvgIpc) is 2.23. The molecule has 0 fully saturated rings. The van der Waals surface area contributed by atoms with E-state index in [-0.39, 0.29) is 17.3 Å². The largest absolute Gasteiger partial charge is 0.377 e. The highest BCUT2D eigenvalue weighted by Gasteiger charge is 2.13. The van der Waals surface area contributed by atoms with Crippen molar-refractivity contribution in [1.29, 1.82) is 5.26 Å². The number of anilines is 1. The summed E-state index contributed by atoms with van der Waals surface area (Å²) < 4.78 is 26.9. The van der Waals surface area contributed by atoms with Gasteiger partial charge in [0, 0.05) is 11.8 Å². The quantitative estimate of drug-likeness (QED) is 0.881. The van der Waals surface area contributed by atoms with Gasteiger partial charge in [0.1, 0.15) is 5.69 Å². The SMILES string of the molecule is CSCC(C)Nc1c(F)cc(C#N)cc1F. The fourth-order valence-corrected chi connectivity index (χ4v) is 1.90. The van der Waals surface area contributed by atoms with E-state index in [2.05, 4.69) is 5.32 Å². The number of rotatable bonds is 4. The lowest BCUT2D eigenvalue weighted by Gasteiger charge is -2.15. The molecule has 86 valence electrons. The van der Waals surface area contributed by atoms with Gasteiger partial charge in [0.2, 0.25) is 0 Å². The topological polar surface area (TPSA) is 35.8 Å². The normalized spacial score (nSPS) is 11.9. The Bertz CT molecular complexity index is 392. The fraction of sp³-hybridized carbons (Fsp3) is 0.364. The minimum absolute atomic E-state index is 0.0157. The van der Waals surface area contributed by atoms with E-state index in [0.29, 0.717) is 0 Å². The summed E-state index contributed by atoms with van der Waals surface area (Å²) in [7, 11) is 0. The number of hydrogen-bond donors (Lipinski definition) is 1. The van der Waals surface area contributed by atoms with Gasteiger partial charge in [-0.05, 0) is 25.3 Å².